The maximum Gasteiger partial charge on any atom is 0.271 e. The Hall–Kier alpha value is -1.98. The third-order valence-electron chi connectivity index (χ3n) is 5.69. The number of nitrogens with one attached hydrogen (secondary N) is 1. The quantitative estimate of drug-likeness (QED) is 0.918. The lowest BCUT2D eigenvalue weighted by Gasteiger charge is -2.22. The van der Waals surface area contributed by atoms with Crippen LogP contribution >= 0.6 is 0 Å². The van der Waals surface area contributed by atoms with E-state index in [0.717, 1.165) is 31.7 Å². The second-order valence-electron chi connectivity index (χ2n) is 7.44. The van der Waals surface area contributed by atoms with Crippen LogP contribution in [-0.2, 0) is 4.79 Å². The van der Waals surface area contributed by atoms with E-state index in [-0.39, 0.29) is 11.9 Å². The molecule has 2 heterocycles. The monoisotopic (exact) mass is 328 g/mol. The minimum absolute atomic E-state index is 0.121. The SMILES string of the molecule is O=C1CC2CN(c3cnc(C(=O)NC4CCCCC4)cn3)C[C@@H]2C1. The maximum absolute atomic E-state index is 12.3. The van der Waals surface area contributed by atoms with Crippen LogP contribution in [0.25, 0.3) is 0 Å². The lowest BCUT2D eigenvalue weighted by atomic mass is 9.95. The molecule has 0 radical (unpaired) electrons. The summed E-state index contributed by atoms with van der Waals surface area (Å²) in [4.78, 5) is 34.7. The van der Waals surface area contributed by atoms with Crippen LogP contribution in [0.5, 0.6) is 0 Å². The zero-order chi connectivity index (χ0) is 16.5. The zero-order valence-corrected chi connectivity index (χ0v) is 13.9. The van der Waals surface area contributed by atoms with E-state index >= 15 is 0 Å². The fourth-order valence-electron chi connectivity index (χ4n) is 4.36. The molecule has 6 nitrogen and oxygen atoms in total. The summed E-state index contributed by atoms with van der Waals surface area (Å²) in [6.45, 7) is 1.75. The fourth-order valence-corrected chi connectivity index (χ4v) is 4.36. The molecule has 1 saturated heterocycles. The Bertz CT molecular complexity index is 608. The van der Waals surface area contributed by atoms with Crippen LogP contribution in [-0.4, -0.2) is 40.8 Å². The van der Waals surface area contributed by atoms with Gasteiger partial charge in [-0.25, -0.2) is 9.97 Å². The molecule has 0 spiro atoms. The molecule has 1 aromatic heterocycles. The van der Waals surface area contributed by atoms with E-state index in [2.05, 4.69) is 20.2 Å². The van der Waals surface area contributed by atoms with Gasteiger partial charge in [-0.05, 0) is 24.7 Å². The smallest absolute Gasteiger partial charge is 0.271 e. The number of anilines is 1. The molecule has 1 amide bonds. The predicted octanol–water partition coefficient (Wildman–Crippen LogP) is 1.95. The standard InChI is InChI=1S/C18H24N4O2/c23-15-6-12-10-22(11-13(12)7-15)17-9-19-16(8-20-17)18(24)21-14-4-2-1-3-5-14/h8-9,12-14H,1-7,10-11H2,(H,21,24)/t12-,13?/m0/s1. The largest absolute Gasteiger partial charge is 0.355 e. The van der Waals surface area contributed by atoms with E-state index in [1.165, 1.54) is 19.3 Å². The Morgan fingerprint density at radius 3 is 2.38 bits per heavy atom. The second kappa shape index (κ2) is 6.49. The summed E-state index contributed by atoms with van der Waals surface area (Å²) in [6, 6.07) is 0.281. The van der Waals surface area contributed by atoms with Crippen molar-refractivity contribution in [2.75, 3.05) is 18.0 Å². The van der Waals surface area contributed by atoms with Crippen molar-refractivity contribution in [2.24, 2.45) is 11.8 Å². The topological polar surface area (TPSA) is 75.2 Å². The van der Waals surface area contributed by atoms with Gasteiger partial charge in [-0.2, -0.15) is 0 Å². The molecule has 128 valence electrons. The van der Waals surface area contributed by atoms with Gasteiger partial charge in [0.15, 0.2) is 0 Å². The van der Waals surface area contributed by atoms with Crippen LogP contribution in [0.1, 0.15) is 55.4 Å². The first kappa shape index (κ1) is 15.5. The zero-order valence-electron chi connectivity index (χ0n) is 13.9. The van der Waals surface area contributed by atoms with E-state index in [1.807, 2.05) is 0 Å². The molecule has 1 unspecified atom stereocenters. The summed E-state index contributed by atoms with van der Waals surface area (Å²) in [5, 5.41) is 3.07. The van der Waals surface area contributed by atoms with E-state index in [1.54, 1.807) is 12.4 Å². The van der Waals surface area contributed by atoms with Crippen LogP contribution < -0.4 is 10.2 Å². The van der Waals surface area contributed by atoms with Crippen molar-refractivity contribution in [2.45, 2.75) is 51.0 Å². The van der Waals surface area contributed by atoms with Crippen molar-refractivity contribution in [1.82, 2.24) is 15.3 Å². The number of nitrogens with zero attached hydrogens (tertiary/aromatic N) is 3. The Kier molecular flexibility index (Phi) is 4.21. The number of ketones is 1. The van der Waals surface area contributed by atoms with Crippen LogP contribution in [0.15, 0.2) is 12.4 Å². The minimum Gasteiger partial charge on any atom is -0.355 e. The van der Waals surface area contributed by atoms with Gasteiger partial charge in [0.25, 0.3) is 5.91 Å². The first-order chi connectivity index (χ1) is 11.7. The molecule has 24 heavy (non-hydrogen) atoms. The number of carbonyl (C=O) groups is 2. The fraction of sp³-hybridized carbons (Fsp3) is 0.667. The van der Waals surface area contributed by atoms with Gasteiger partial charge in [-0.3, -0.25) is 9.59 Å². The van der Waals surface area contributed by atoms with Gasteiger partial charge >= 0.3 is 0 Å². The van der Waals surface area contributed by atoms with Crippen LogP contribution in [0.4, 0.5) is 5.82 Å². The first-order valence-electron chi connectivity index (χ1n) is 9.08. The molecule has 0 aromatic carbocycles. The summed E-state index contributed by atoms with van der Waals surface area (Å²) in [5.74, 6) is 2.02. The number of amides is 1. The number of hydrogen-bond acceptors (Lipinski definition) is 5. The van der Waals surface area contributed by atoms with Crippen molar-refractivity contribution >= 4 is 17.5 Å². The summed E-state index contributed by atoms with van der Waals surface area (Å²) >= 11 is 0. The van der Waals surface area contributed by atoms with E-state index in [0.29, 0.717) is 36.2 Å². The van der Waals surface area contributed by atoms with Gasteiger partial charge in [0.1, 0.15) is 17.3 Å². The highest BCUT2D eigenvalue weighted by Crippen LogP contribution is 2.37. The Labute approximate surface area is 142 Å². The minimum atomic E-state index is -0.121. The lowest BCUT2D eigenvalue weighted by Crippen LogP contribution is -2.36. The molecule has 3 fully saturated rings. The molecular formula is C18H24N4O2. The molecule has 0 bridgehead atoms. The number of fused-ring (bicyclic) bond motifs is 1. The number of hydrogen-bond donors (Lipinski definition) is 1. The average Bonchev–Trinajstić information content (AvgIpc) is 3.13. The van der Waals surface area contributed by atoms with Crippen LogP contribution in [0.3, 0.4) is 0 Å². The molecule has 2 aliphatic carbocycles. The number of Topliss-reactive ketones (excluding diaryl/α,β-unsaturated/α-hetero) is 1. The summed E-state index contributed by atoms with van der Waals surface area (Å²) in [7, 11) is 0. The molecule has 1 aromatic rings. The Balaban J connectivity index is 1.36. The summed E-state index contributed by atoms with van der Waals surface area (Å²) in [5.41, 5.74) is 0.388. The van der Waals surface area contributed by atoms with Crippen molar-refractivity contribution in [1.29, 1.82) is 0 Å². The van der Waals surface area contributed by atoms with Crippen molar-refractivity contribution < 1.29 is 9.59 Å². The lowest BCUT2D eigenvalue weighted by molar-refractivity contribution is -0.117. The maximum atomic E-state index is 12.3. The van der Waals surface area contributed by atoms with E-state index in [4.69, 9.17) is 0 Å². The van der Waals surface area contributed by atoms with Crippen molar-refractivity contribution in [3.05, 3.63) is 18.1 Å². The molecule has 6 heteroatoms. The van der Waals surface area contributed by atoms with Crippen LogP contribution in [0.2, 0.25) is 0 Å². The molecule has 1 aliphatic heterocycles. The second-order valence-corrected chi connectivity index (χ2v) is 7.44. The average molecular weight is 328 g/mol. The highest BCUT2D eigenvalue weighted by Gasteiger charge is 2.40. The van der Waals surface area contributed by atoms with Gasteiger partial charge < -0.3 is 10.2 Å². The molecule has 2 atom stereocenters. The molecule has 4 rings (SSSR count). The van der Waals surface area contributed by atoms with Gasteiger partial charge in [0.05, 0.1) is 12.4 Å². The van der Waals surface area contributed by atoms with E-state index < -0.39 is 0 Å². The van der Waals surface area contributed by atoms with E-state index in [9.17, 15) is 9.59 Å². The van der Waals surface area contributed by atoms with Crippen molar-refractivity contribution in [3.63, 3.8) is 0 Å². The summed E-state index contributed by atoms with van der Waals surface area (Å²) < 4.78 is 0. The first-order valence-corrected chi connectivity index (χ1v) is 9.08. The number of carbonyl (C=O) groups excluding carboxylic acids is 2. The normalized spacial score (nSPS) is 27.3. The van der Waals surface area contributed by atoms with Gasteiger partial charge in [-0.1, -0.05) is 19.3 Å². The van der Waals surface area contributed by atoms with Gasteiger partial charge in [0, 0.05) is 32.0 Å². The third-order valence-corrected chi connectivity index (χ3v) is 5.69. The highest BCUT2D eigenvalue weighted by molar-refractivity contribution is 5.92. The Morgan fingerprint density at radius 1 is 1.04 bits per heavy atom. The third kappa shape index (κ3) is 3.14. The highest BCUT2D eigenvalue weighted by atomic mass is 16.2. The van der Waals surface area contributed by atoms with Crippen molar-refractivity contribution in [3.8, 4) is 0 Å². The number of rotatable bonds is 3. The van der Waals surface area contributed by atoms with Gasteiger partial charge in [-0.15, -0.1) is 0 Å². The number of aromatic nitrogens is 2. The molecular weight excluding hydrogens is 304 g/mol. The molecule has 2 saturated carbocycles. The molecule has 1 N–H and O–H groups in total. The Morgan fingerprint density at radius 2 is 1.75 bits per heavy atom. The van der Waals surface area contributed by atoms with Gasteiger partial charge in [0.2, 0.25) is 0 Å². The molecule has 3 aliphatic rings. The predicted molar refractivity (Wildman–Crippen MR) is 89.8 cm³/mol. The van der Waals surface area contributed by atoms with Crippen LogP contribution in [0, 0.1) is 11.8 Å². The summed E-state index contributed by atoms with van der Waals surface area (Å²) in [6.07, 6.45) is 10.5.